The number of para-hydroxylation sites is 1. The molecule has 0 heterocycles. The number of ether oxygens (including phenoxy) is 1. The van der Waals surface area contributed by atoms with E-state index in [1.165, 1.54) is 6.92 Å². The molecule has 2 nitrogen and oxygen atoms in total. The second kappa shape index (κ2) is 5.90. The summed E-state index contributed by atoms with van der Waals surface area (Å²) < 4.78 is 5.66. The lowest BCUT2D eigenvalue weighted by molar-refractivity contribution is -0.116. The third-order valence-corrected chi connectivity index (χ3v) is 2.64. The van der Waals surface area contributed by atoms with E-state index < -0.39 is 5.38 Å². The van der Waals surface area contributed by atoms with Crippen LogP contribution in [0, 0.1) is 0 Å². The molecule has 0 amide bonds. The number of carbonyl (C=O) groups is 1. The van der Waals surface area contributed by atoms with Crippen molar-refractivity contribution in [3.63, 3.8) is 0 Å². The number of halogens is 1. The summed E-state index contributed by atoms with van der Waals surface area (Å²) in [5.74, 6) is 0.797. The van der Waals surface area contributed by atoms with Crippen LogP contribution in [0.2, 0.25) is 0 Å². The molecule has 0 radical (unpaired) electrons. The molecule has 3 heteroatoms. The fourth-order valence-electron chi connectivity index (χ4n) is 1.38. The zero-order chi connectivity index (χ0) is 12.1. The van der Waals surface area contributed by atoms with Gasteiger partial charge in [0.25, 0.3) is 0 Å². The third kappa shape index (κ3) is 3.86. The van der Waals surface area contributed by atoms with Crippen LogP contribution in [0.1, 0.15) is 26.3 Å². The summed E-state index contributed by atoms with van der Waals surface area (Å²) in [6.45, 7) is 5.45. The lowest BCUT2D eigenvalue weighted by atomic mass is 10.1. The largest absolute Gasteiger partial charge is 0.491 e. The number of hydrogen-bond acceptors (Lipinski definition) is 2. The molecule has 0 saturated carbocycles. The highest BCUT2D eigenvalue weighted by molar-refractivity contribution is 6.30. The molecule has 1 rings (SSSR count). The predicted octanol–water partition coefficient (Wildman–Crippen LogP) is 3.21. The van der Waals surface area contributed by atoms with Crippen LogP contribution in [0.15, 0.2) is 24.3 Å². The van der Waals surface area contributed by atoms with Crippen LogP contribution in [0.3, 0.4) is 0 Å². The van der Waals surface area contributed by atoms with E-state index >= 15 is 0 Å². The first kappa shape index (κ1) is 13.0. The molecule has 0 aliphatic rings. The van der Waals surface area contributed by atoms with Crippen molar-refractivity contribution in [1.82, 2.24) is 0 Å². The van der Waals surface area contributed by atoms with Gasteiger partial charge in [-0.3, -0.25) is 4.79 Å². The van der Waals surface area contributed by atoms with Crippen molar-refractivity contribution >= 4 is 17.4 Å². The minimum atomic E-state index is -0.475. The van der Waals surface area contributed by atoms with Gasteiger partial charge in [-0.1, -0.05) is 18.2 Å². The Bertz CT molecular complexity index is 361. The molecule has 0 saturated heterocycles. The number of benzene rings is 1. The van der Waals surface area contributed by atoms with Gasteiger partial charge in [-0.2, -0.15) is 0 Å². The Morgan fingerprint density at radius 1 is 1.38 bits per heavy atom. The lowest BCUT2D eigenvalue weighted by Gasteiger charge is -2.15. The standard InChI is InChI=1S/C13H17ClO2/c1-9(2)16-13-7-5-4-6-11(13)8-12(14)10(3)15/h4-7,9,12H,8H2,1-3H3. The highest BCUT2D eigenvalue weighted by Crippen LogP contribution is 2.22. The number of ketones is 1. The summed E-state index contributed by atoms with van der Waals surface area (Å²) in [4.78, 5) is 11.1. The molecule has 1 aromatic carbocycles. The Hall–Kier alpha value is -1.02. The van der Waals surface area contributed by atoms with Crippen LogP contribution in [0.25, 0.3) is 0 Å². The van der Waals surface area contributed by atoms with Crippen molar-refractivity contribution in [2.75, 3.05) is 0 Å². The maximum atomic E-state index is 11.1. The fraction of sp³-hybridized carbons (Fsp3) is 0.462. The first-order valence-electron chi connectivity index (χ1n) is 5.39. The smallest absolute Gasteiger partial charge is 0.147 e. The number of hydrogen-bond donors (Lipinski definition) is 0. The van der Waals surface area contributed by atoms with E-state index in [0.717, 1.165) is 11.3 Å². The van der Waals surface area contributed by atoms with Crippen LogP contribution in [-0.4, -0.2) is 17.3 Å². The molecule has 1 atom stereocenters. The van der Waals surface area contributed by atoms with Crippen LogP contribution in [0.5, 0.6) is 5.75 Å². The van der Waals surface area contributed by atoms with Crippen molar-refractivity contribution in [1.29, 1.82) is 0 Å². The molecule has 0 aliphatic heterocycles. The lowest BCUT2D eigenvalue weighted by Crippen LogP contribution is -2.15. The highest BCUT2D eigenvalue weighted by atomic mass is 35.5. The molecule has 0 spiro atoms. The summed E-state index contributed by atoms with van der Waals surface area (Å²) in [5, 5.41) is -0.475. The van der Waals surface area contributed by atoms with Crippen LogP contribution < -0.4 is 4.74 Å². The molecule has 1 unspecified atom stereocenters. The Morgan fingerprint density at radius 3 is 2.56 bits per heavy atom. The molecule has 0 bridgehead atoms. The maximum Gasteiger partial charge on any atom is 0.147 e. The Morgan fingerprint density at radius 2 is 2.00 bits per heavy atom. The Kier molecular flexibility index (Phi) is 4.81. The van der Waals surface area contributed by atoms with Gasteiger partial charge in [-0.05, 0) is 38.8 Å². The summed E-state index contributed by atoms with van der Waals surface area (Å²) >= 11 is 5.95. The van der Waals surface area contributed by atoms with E-state index in [2.05, 4.69) is 0 Å². The molecule has 1 aromatic rings. The van der Waals surface area contributed by atoms with E-state index in [1.54, 1.807) is 0 Å². The first-order chi connectivity index (χ1) is 7.50. The quantitative estimate of drug-likeness (QED) is 0.739. The van der Waals surface area contributed by atoms with Crippen molar-refractivity contribution in [2.24, 2.45) is 0 Å². The zero-order valence-corrected chi connectivity index (χ0v) is 10.6. The van der Waals surface area contributed by atoms with Crippen LogP contribution in [-0.2, 0) is 11.2 Å². The van der Waals surface area contributed by atoms with E-state index in [-0.39, 0.29) is 11.9 Å². The van der Waals surface area contributed by atoms with Crippen LogP contribution in [0.4, 0.5) is 0 Å². The SMILES string of the molecule is CC(=O)C(Cl)Cc1ccccc1OC(C)C. The molecule has 0 aromatic heterocycles. The van der Waals surface area contributed by atoms with Crippen molar-refractivity contribution in [3.8, 4) is 5.75 Å². The van der Waals surface area contributed by atoms with Crippen molar-refractivity contribution < 1.29 is 9.53 Å². The molecule has 16 heavy (non-hydrogen) atoms. The summed E-state index contributed by atoms with van der Waals surface area (Å²) in [6.07, 6.45) is 0.632. The third-order valence-electron chi connectivity index (χ3n) is 2.18. The summed E-state index contributed by atoms with van der Waals surface area (Å²) in [5.41, 5.74) is 0.978. The van der Waals surface area contributed by atoms with E-state index in [4.69, 9.17) is 16.3 Å². The molecule has 0 fully saturated rings. The predicted molar refractivity (Wildman–Crippen MR) is 66.2 cm³/mol. The molecule has 0 aliphatic carbocycles. The summed E-state index contributed by atoms with van der Waals surface area (Å²) in [6, 6.07) is 7.68. The van der Waals surface area contributed by atoms with Gasteiger partial charge in [0.05, 0.1) is 11.5 Å². The van der Waals surface area contributed by atoms with Gasteiger partial charge in [0.15, 0.2) is 0 Å². The number of Topliss-reactive ketones (excluding diaryl/α,β-unsaturated/α-hetero) is 1. The van der Waals surface area contributed by atoms with Gasteiger partial charge in [0.2, 0.25) is 0 Å². The normalized spacial score (nSPS) is 12.6. The van der Waals surface area contributed by atoms with Gasteiger partial charge in [0.1, 0.15) is 11.5 Å². The summed E-state index contributed by atoms with van der Waals surface area (Å²) in [7, 11) is 0. The van der Waals surface area contributed by atoms with E-state index in [9.17, 15) is 4.79 Å². The molecular weight excluding hydrogens is 224 g/mol. The van der Waals surface area contributed by atoms with Gasteiger partial charge in [-0.25, -0.2) is 0 Å². The second-order valence-corrected chi connectivity index (χ2v) is 4.58. The number of rotatable bonds is 5. The minimum Gasteiger partial charge on any atom is -0.491 e. The highest BCUT2D eigenvalue weighted by Gasteiger charge is 2.14. The Balaban J connectivity index is 2.82. The van der Waals surface area contributed by atoms with Crippen LogP contribution >= 0.6 is 11.6 Å². The average Bonchev–Trinajstić information content (AvgIpc) is 2.20. The van der Waals surface area contributed by atoms with Crippen molar-refractivity contribution in [3.05, 3.63) is 29.8 Å². The first-order valence-corrected chi connectivity index (χ1v) is 5.83. The van der Waals surface area contributed by atoms with Crippen molar-refractivity contribution in [2.45, 2.75) is 38.7 Å². The van der Waals surface area contributed by atoms with E-state index in [1.807, 2.05) is 38.1 Å². The van der Waals surface area contributed by atoms with Gasteiger partial charge in [-0.15, -0.1) is 11.6 Å². The topological polar surface area (TPSA) is 26.3 Å². The van der Waals surface area contributed by atoms with E-state index in [0.29, 0.717) is 6.42 Å². The fourth-order valence-corrected chi connectivity index (χ4v) is 1.54. The monoisotopic (exact) mass is 240 g/mol. The molecular formula is C13H17ClO2. The minimum absolute atomic E-state index is 0.0129. The Labute approximate surface area is 102 Å². The van der Waals surface area contributed by atoms with Gasteiger partial charge >= 0.3 is 0 Å². The van der Waals surface area contributed by atoms with Gasteiger partial charge in [0, 0.05) is 0 Å². The second-order valence-electron chi connectivity index (χ2n) is 4.06. The average molecular weight is 241 g/mol. The molecule has 0 N–H and O–H groups in total. The molecule has 88 valence electrons. The number of carbonyl (C=O) groups excluding carboxylic acids is 1. The van der Waals surface area contributed by atoms with Gasteiger partial charge < -0.3 is 4.74 Å². The maximum absolute atomic E-state index is 11.1. The zero-order valence-electron chi connectivity index (χ0n) is 9.87. The number of alkyl halides is 1.